The van der Waals surface area contributed by atoms with Crippen molar-refractivity contribution >= 4 is 57.0 Å². The van der Waals surface area contributed by atoms with Crippen molar-refractivity contribution in [1.29, 1.82) is 0 Å². The maximum absolute atomic E-state index is 13.9. The first-order valence-electron chi connectivity index (χ1n) is 13.8. The van der Waals surface area contributed by atoms with Gasteiger partial charge in [0.05, 0.1) is 0 Å². The third-order valence-corrected chi connectivity index (χ3v) is 8.00. The quantitative estimate of drug-likeness (QED) is 0.179. The molecule has 42 heavy (non-hydrogen) atoms. The molecule has 0 aliphatic carbocycles. The number of carbonyl (C=O) groups excluding carboxylic acids is 4. The van der Waals surface area contributed by atoms with Crippen LogP contribution in [0, 0.1) is 5.82 Å². The van der Waals surface area contributed by atoms with Crippen LogP contribution in [0.4, 0.5) is 4.39 Å². The molecule has 12 heteroatoms. The number of aromatic nitrogens is 2. The van der Waals surface area contributed by atoms with Gasteiger partial charge in [-0.05, 0) is 54.7 Å². The van der Waals surface area contributed by atoms with E-state index in [0.717, 1.165) is 16.5 Å². The topological polar surface area (TPSA) is 153 Å². The van der Waals surface area contributed by atoms with Crippen LogP contribution in [-0.4, -0.2) is 69.0 Å². The number of piperidine rings is 1. The van der Waals surface area contributed by atoms with Crippen LogP contribution in [0.5, 0.6) is 0 Å². The standard InChI is InChI=1S/C30H32ClFN6O4/c31-14-27(39)36-25(12-17-15-34-22-6-2-1-5-20(17)22)30(42)38-10-4-3-7-26(38)29(41)37-24(28(33)40)11-18-16-35-23-9-8-19(32)13-21(18)23/h1-2,5-6,8-9,13,15-16,24-26,34-35H,3-4,7,10-12,14H2,(H2,33,40)(H,36,39)(H,37,41)/t24-,25-,26-/m0/s1. The Hall–Kier alpha value is -4.38. The number of rotatable bonds is 10. The highest BCUT2D eigenvalue weighted by atomic mass is 35.5. The first kappa shape index (κ1) is 29.1. The van der Waals surface area contributed by atoms with Crippen LogP contribution in [-0.2, 0) is 32.0 Å². The summed E-state index contributed by atoms with van der Waals surface area (Å²) < 4.78 is 13.9. The summed E-state index contributed by atoms with van der Waals surface area (Å²) in [7, 11) is 0. The van der Waals surface area contributed by atoms with Gasteiger partial charge in [-0.1, -0.05) is 18.2 Å². The van der Waals surface area contributed by atoms with Crippen molar-refractivity contribution in [3.05, 3.63) is 71.8 Å². The van der Waals surface area contributed by atoms with Crippen LogP contribution in [0.25, 0.3) is 21.8 Å². The molecule has 0 saturated carbocycles. The van der Waals surface area contributed by atoms with E-state index < -0.39 is 47.6 Å². The van der Waals surface area contributed by atoms with Crippen molar-refractivity contribution in [3.63, 3.8) is 0 Å². The van der Waals surface area contributed by atoms with Gasteiger partial charge in [0.2, 0.25) is 23.6 Å². The summed E-state index contributed by atoms with van der Waals surface area (Å²) in [6.07, 6.45) is 5.44. The second kappa shape index (κ2) is 12.6. The molecule has 2 aromatic heterocycles. The smallest absolute Gasteiger partial charge is 0.246 e. The van der Waals surface area contributed by atoms with E-state index in [1.807, 2.05) is 24.3 Å². The lowest BCUT2D eigenvalue weighted by atomic mass is 9.97. The van der Waals surface area contributed by atoms with E-state index in [9.17, 15) is 23.6 Å². The summed E-state index contributed by atoms with van der Waals surface area (Å²) >= 11 is 5.76. The van der Waals surface area contributed by atoms with Gasteiger partial charge in [-0.25, -0.2) is 4.39 Å². The van der Waals surface area contributed by atoms with Crippen LogP contribution in [0.2, 0.25) is 0 Å². The SMILES string of the molecule is NC(=O)[C@H](Cc1c[nH]c2ccc(F)cc12)NC(=O)[C@@H]1CCCCN1C(=O)[C@H](Cc1c[nH]c2ccccc12)NC(=O)CCl. The average molecular weight is 595 g/mol. The summed E-state index contributed by atoms with van der Waals surface area (Å²) in [5.74, 6) is -2.94. The van der Waals surface area contributed by atoms with E-state index in [1.54, 1.807) is 18.5 Å². The minimum absolute atomic E-state index is 0.0418. The number of benzene rings is 2. The highest BCUT2D eigenvalue weighted by molar-refractivity contribution is 6.27. The number of H-pyrrole nitrogens is 2. The number of fused-ring (bicyclic) bond motifs is 2. The highest BCUT2D eigenvalue weighted by Crippen LogP contribution is 2.24. The Bertz CT molecular complexity index is 1630. The van der Waals surface area contributed by atoms with Crippen molar-refractivity contribution in [2.75, 3.05) is 12.4 Å². The number of amides is 4. The Kier molecular flexibility index (Phi) is 8.77. The van der Waals surface area contributed by atoms with Gasteiger partial charge < -0.3 is 31.2 Å². The largest absolute Gasteiger partial charge is 0.368 e. The number of para-hydroxylation sites is 1. The summed E-state index contributed by atoms with van der Waals surface area (Å²) in [5, 5.41) is 6.95. The third kappa shape index (κ3) is 6.25. The van der Waals surface area contributed by atoms with Gasteiger partial charge >= 0.3 is 0 Å². The van der Waals surface area contributed by atoms with Gasteiger partial charge in [0.1, 0.15) is 29.8 Å². The number of alkyl halides is 1. The molecule has 0 unspecified atom stereocenters. The van der Waals surface area contributed by atoms with Crippen molar-refractivity contribution in [1.82, 2.24) is 25.5 Å². The van der Waals surface area contributed by atoms with Crippen LogP contribution < -0.4 is 16.4 Å². The molecule has 6 N–H and O–H groups in total. The molecule has 220 valence electrons. The van der Waals surface area contributed by atoms with Gasteiger partial charge in [0.15, 0.2) is 0 Å². The Morgan fingerprint density at radius 3 is 2.38 bits per heavy atom. The lowest BCUT2D eigenvalue weighted by Crippen LogP contribution is -2.60. The van der Waals surface area contributed by atoms with Gasteiger partial charge in [-0.3, -0.25) is 19.2 Å². The molecule has 1 saturated heterocycles. The maximum Gasteiger partial charge on any atom is 0.246 e. The van der Waals surface area contributed by atoms with Crippen LogP contribution >= 0.6 is 11.6 Å². The third-order valence-electron chi connectivity index (χ3n) is 7.76. The summed E-state index contributed by atoms with van der Waals surface area (Å²) in [6, 6.07) is 8.98. The fraction of sp³-hybridized carbons (Fsp3) is 0.333. The number of hydrogen-bond acceptors (Lipinski definition) is 4. The van der Waals surface area contributed by atoms with Crippen molar-refractivity contribution < 1.29 is 23.6 Å². The molecule has 1 aliphatic rings. The van der Waals surface area contributed by atoms with Crippen LogP contribution in [0.1, 0.15) is 30.4 Å². The van der Waals surface area contributed by atoms with Crippen molar-refractivity contribution in [2.45, 2.75) is 50.2 Å². The molecule has 2 aromatic carbocycles. The normalized spacial score (nSPS) is 16.7. The number of primary amides is 1. The van der Waals surface area contributed by atoms with Crippen molar-refractivity contribution in [2.24, 2.45) is 5.73 Å². The predicted molar refractivity (Wildman–Crippen MR) is 157 cm³/mol. The summed E-state index contributed by atoms with van der Waals surface area (Å²) in [4.78, 5) is 59.9. The zero-order valence-corrected chi connectivity index (χ0v) is 23.5. The molecule has 5 rings (SSSR count). The Balaban J connectivity index is 1.35. The van der Waals surface area contributed by atoms with E-state index in [4.69, 9.17) is 17.3 Å². The van der Waals surface area contributed by atoms with Crippen molar-refractivity contribution in [3.8, 4) is 0 Å². The molecular weight excluding hydrogens is 563 g/mol. The number of hydrogen-bond donors (Lipinski definition) is 5. The lowest BCUT2D eigenvalue weighted by Gasteiger charge is -2.37. The lowest BCUT2D eigenvalue weighted by molar-refractivity contribution is -0.145. The monoisotopic (exact) mass is 594 g/mol. The second-order valence-corrected chi connectivity index (χ2v) is 10.8. The number of nitrogens with one attached hydrogen (secondary N) is 4. The van der Waals surface area contributed by atoms with E-state index in [-0.39, 0.29) is 18.7 Å². The van der Waals surface area contributed by atoms with Crippen LogP contribution in [0.3, 0.4) is 0 Å². The number of aromatic amines is 2. The van der Waals surface area contributed by atoms with E-state index in [0.29, 0.717) is 42.3 Å². The fourth-order valence-electron chi connectivity index (χ4n) is 5.65. The minimum Gasteiger partial charge on any atom is -0.368 e. The predicted octanol–water partition coefficient (Wildman–Crippen LogP) is 2.65. The molecule has 3 atom stereocenters. The molecule has 1 aliphatic heterocycles. The van der Waals surface area contributed by atoms with Gasteiger partial charge in [0.25, 0.3) is 0 Å². The number of likely N-dealkylation sites (tertiary alicyclic amines) is 1. The molecular formula is C30H32ClFN6O4. The zero-order chi connectivity index (χ0) is 29.8. The Morgan fingerprint density at radius 2 is 1.64 bits per heavy atom. The zero-order valence-electron chi connectivity index (χ0n) is 22.8. The highest BCUT2D eigenvalue weighted by Gasteiger charge is 2.37. The van der Waals surface area contributed by atoms with Gasteiger partial charge in [0, 0.05) is 53.6 Å². The average Bonchev–Trinajstić information content (AvgIpc) is 3.59. The first-order chi connectivity index (χ1) is 20.2. The number of halogens is 2. The van der Waals surface area contributed by atoms with Crippen LogP contribution in [0.15, 0.2) is 54.9 Å². The molecule has 1 fully saturated rings. The number of carbonyl (C=O) groups is 4. The fourth-order valence-corrected chi connectivity index (χ4v) is 5.73. The molecule has 4 amide bonds. The van der Waals surface area contributed by atoms with E-state index >= 15 is 0 Å². The minimum atomic E-state index is -1.09. The molecule has 0 radical (unpaired) electrons. The molecule has 4 aromatic rings. The van der Waals surface area contributed by atoms with Gasteiger partial charge in [-0.2, -0.15) is 0 Å². The second-order valence-electron chi connectivity index (χ2n) is 10.5. The first-order valence-corrected chi connectivity index (χ1v) is 14.3. The molecule has 0 bridgehead atoms. The summed E-state index contributed by atoms with van der Waals surface area (Å²) in [6.45, 7) is 0.307. The summed E-state index contributed by atoms with van der Waals surface area (Å²) in [5.41, 5.74) is 8.69. The molecule has 0 spiro atoms. The van der Waals surface area contributed by atoms with E-state index in [1.165, 1.54) is 17.0 Å². The number of nitrogens with zero attached hydrogens (tertiary/aromatic N) is 1. The number of nitrogens with two attached hydrogens (primary N) is 1. The van der Waals surface area contributed by atoms with Gasteiger partial charge in [-0.15, -0.1) is 11.6 Å². The molecule has 3 heterocycles. The van der Waals surface area contributed by atoms with E-state index in [2.05, 4.69) is 20.6 Å². The maximum atomic E-state index is 13.9. The Labute approximate surface area is 246 Å². The Morgan fingerprint density at radius 1 is 0.952 bits per heavy atom. The molecule has 10 nitrogen and oxygen atoms in total.